The highest BCUT2D eigenvalue weighted by Gasteiger charge is 2.19. The van der Waals surface area contributed by atoms with E-state index in [1.54, 1.807) is 4.57 Å². The van der Waals surface area contributed by atoms with Gasteiger partial charge in [0.25, 0.3) is 5.56 Å². The maximum Gasteiger partial charge on any atom is 0.336 e. The van der Waals surface area contributed by atoms with Crippen molar-refractivity contribution in [2.45, 2.75) is 19.9 Å². The zero-order chi connectivity index (χ0) is 19.0. The van der Waals surface area contributed by atoms with E-state index in [2.05, 4.69) is 0 Å². The molecule has 0 aliphatic heterocycles. The Morgan fingerprint density at radius 3 is 2.11 bits per heavy atom. The Labute approximate surface area is 157 Å². The lowest BCUT2D eigenvalue weighted by molar-refractivity contribution is 0.572. The first-order chi connectivity index (χ1) is 13.1. The fourth-order valence-electron chi connectivity index (χ4n) is 3.49. The average Bonchev–Trinajstić information content (AvgIpc) is 2.70. The Bertz CT molecular complexity index is 1220. The Hall–Kier alpha value is -3.40. The topological polar surface area (TPSA) is 44.0 Å². The van der Waals surface area contributed by atoms with Crippen LogP contribution in [-0.2, 0) is 0 Å². The van der Waals surface area contributed by atoms with Gasteiger partial charge in [-0.1, -0.05) is 60.2 Å². The Balaban J connectivity index is 2.12. The van der Waals surface area contributed by atoms with Gasteiger partial charge in [0.2, 0.25) is 0 Å². The lowest BCUT2D eigenvalue weighted by Crippen LogP contribution is -2.41. The largest absolute Gasteiger partial charge is 0.336 e. The van der Waals surface area contributed by atoms with Gasteiger partial charge in [0.1, 0.15) is 0 Å². The predicted octanol–water partition coefficient (Wildman–Crippen LogP) is 4.07. The van der Waals surface area contributed by atoms with Crippen LogP contribution in [0.1, 0.15) is 24.1 Å². The van der Waals surface area contributed by atoms with Gasteiger partial charge < -0.3 is 0 Å². The normalized spacial score (nSPS) is 12.2. The van der Waals surface area contributed by atoms with E-state index >= 15 is 0 Å². The van der Waals surface area contributed by atoms with Crippen molar-refractivity contribution in [1.29, 1.82) is 0 Å². The third-order valence-corrected chi connectivity index (χ3v) is 4.92. The van der Waals surface area contributed by atoms with Crippen LogP contribution >= 0.6 is 0 Å². The molecule has 4 nitrogen and oxygen atoms in total. The molecule has 1 heterocycles. The number of aryl methyl sites for hydroxylation is 1. The smallest absolute Gasteiger partial charge is 0.268 e. The van der Waals surface area contributed by atoms with Crippen molar-refractivity contribution in [2.75, 3.05) is 0 Å². The molecule has 0 fully saturated rings. The highest BCUT2D eigenvalue weighted by Crippen LogP contribution is 2.19. The first kappa shape index (κ1) is 17.0. The number of hydrogen-bond acceptors (Lipinski definition) is 2. The van der Waals surface area contributed by atoms with Crippen molar-refractivity contribution in [1.82, 2.24) is 9.13 Å². The minimum absolute atomic E-state index is 0.262. The van der Waals surface area contributed by atoms with Crippen molar-refractivity contribution in [3.05, 3.63) is 111 Å². The number of rotatable bonds is 3. The van der Waals surface area contributed by atoms with Crippen LogP contribution in [0, 0.1) is 6.92 Å². The van der Waals surface area contributed by atoms with E-state index < -0.39 is 0 Å². The second kappa shape index (κ2) is 6.72. The SMILES string of the molecule is Cc1ccc2c(c1)c(=O)n(C(C)c1ccccc1)c(=O)n2-c1ccccc1. The van der Waals surface area contributed by atoms with Crippen molar-refractivity contribution >= 4 is 10.9 Å². The van der Waals surface area contributed by atoms with Crippen LogP contribution in [0.2, 0.25) is 0 Å². The highest BCUT2D eigenvalue weighted by molar-refractivity contribution is 5.80. The second-order valence-electron chi connectivity index (χ2n) is 6.74. The molecular weight excluding hydrogens is 336 g/mol. The molecule has 0 N–H and O–H groups in total. The summed E-state index contributed by atoms with van der Waals surface area (Å²) < 4.78 is 2.97. The van der Waals surface area contributed by atoms with E-state index in [9.17, 15) is 9.59 Å². The molecule has 0 aliphatic carbocycles. The maximum atomic E-state index is 13.4. The molecule has 4 heteroatoms. The monoisotopic (exact) mass is 356 g/mol. The summed E-state index contributed by atoms with van der Waals surface area (Å²) in [6, 6.07) is 24.3. The van der Waals surface area contributed by atoms with Crippen LogP contribution in [0.25, 0.3) is 16.6 Å². The minimum atomic E-state index is -0.369. The van der Waals surface area contributed by atoms with Crippen LogP contribution in [0.5, 0.6) is 0 Å². The van der Waals surface area contributed by atoms with Crippen LogP contribution in [0.4, 0.5) is 0 Å². The van der Waals surface area contributed by atoms with Gasteiger partial charge in [-0.2, -0.15) is 0 Å². The van der Waals surface area contributed by atoms with Gasteiger partial charge in [-0.05, 0) is 43.7 Å². The van der Waals surface area contributed by atoms with Gasteiger partial charge >= 0.3 is 5.69 Å². The zero-order valence-electron chi connectivity index (χ0n) is 15.3. The van der Waals surface area contributed by atoms with E-state index in [0.717, 1.165) is 16.8 Å². The number of fused-ring (bicyclic) bond motifs is 1. The molecule has 0 saturated carbocycles. The molecule has 1 aromatic heterocycles. The number of para-hydroxylation sites is 1. The molecule has 0 saturated heterocycles. The molecule has 0 spiro atoms. The summed E-state index contributed by atoms with van der Waals surface area (Å²) in [7, 11) is 0. The standard InChI is InChI=1S/C23H20N2O2/c1-16-13-14-21-20(15-16)22(26)24(17(2)18-9-5-3-6-10-18)23(27)25(21)19-11-7-4-8-12-19/h3-15,17H,1-2H3. The molecule has 0 aliphatic rings. The van der Waals surface area contributed by atoms with E-state index in [1.807, 2.05) is 92.7 Å². The molecule has 0 radical (unpaired) electrons. The summed E-state index contributed by atoms with van der Waals surface area (Å²) >= 11 is 0. The van der Waals surface area contributed by atoms with Crippen molar-refractivity contribution in [2.24, 2.45) is 0 Å². The molecule has 3 aromatic carbocycles. The molecule has 134 valence electrons. The highest BCUT2D eigenvalue weighted by atomic mass is 16.2. The number of nitrogens with zero attached hydrogens (tertiary/aromatic N) is 2. The Morgan fingerprint density at radius 2 is 1.44 bits per heavy atom. The predicted molar refractivity (Wildman–Crippen MR) is 109 cm³/mol. The van der Waals surface area contributed by atoms with Gasteiger partial charge in [-0.15, -0.1) is 0 Å². The van der Waals surface area contributed by atoms with E-state index in [4.69, 9.17) is 0 Å². The molecule has 0 amide bonds. The fourth-order valence-corrected chi connectivity index (χ4v) is 3.49. The number of benzene rings is 3. The quantitative estimate of drug-likeness (QED) is 0.555. The van der Waals surface area contributed by atoms with Crippen molar-refractivity contribution < 1.29 is 0 Å². The van der Waals surface area contributed by atoms with Crippen LogP contribution in [0.3, 0.4) is 0 Å². The minimum Gasteiger partial charge on any atom is -0.268 e. The van der Waals surface area contributed by atoms with Gasteiger partial charge in [0.15, 0.2) is 0 Å². The van der Waals surface area contributed by atoms with Gasteiger partial charge in [0, 0.05) is 0 Å². The second-order valence-corrected chi connectivity index (χ2v) is 6.74. The van der Waals surface area contributed by atoms with Crippen LogP contribution in [-0.4, -0.2) is 9.13 Å². The molecule has 4 rings (SSSR count). The number of aromatic nitrogens is 2. The third-order valence-electron chi connectivity index (χ3n) is 4.92. The Morgan fingerprint density at radius 1 is 0.815 bits per heavy atom. The summed E-state index contributed by atoms with van der Waals surface area (Å²) in [5.41, 5.74) is 2.67. The number of hydrogen-bond donors (Lipinski definition) is 0. The van der Waals surface area contributed by atoms with E-state index in [1.165, 1.54) is 4.57 Å². The molecule has 0 bridgehead atoms. The zero-order valence-corrected chi connectivity index (χ0v) is 15.3. The fraction of sp³-hybridized carbons (Fsp3) is 0.130. The summed E-state index contributed by atoms with van der Waals surface area (Å²) in [6.45, 7) is 3.83. The van der Waals surface area contributed by atoms with Gasteiger partial charge in [-0.25, -0.2) is 4.79 Å². The van der Waals surface area contributed by atoms with Gasteiger partial charge in [-0.3, -0.25) is 13.9 Å². The summed E-state index contributed by atoms with van der Waals surface area (Å²) in [4.78, 5) is 26.7. The first-order valence-electron chi connectivity index (χ1n) is 8.96. The molecule has 27 heavy (non-hydrogen) atoms. The average molecular weight is 356 g/mol. The van der Waals surface area contributed by atoms with E-state index in [0.29, 0.717) is 10.9 Å². The summed E-state index contributed by atoms with van der Waals surface area (Å²) in [5.74, 6) is 0. The van der Waals surface area contributed by atoms with Crippen LogP contribution < -0.4 is 11.2 Å². The lowest BCUT2D eigenvalue weighted by atomic mass is 10.1. The van der Waals surface area contributed by atoms with Crippen LogP contribution in [0.15, 0.2) is 88.5 Å². The van der Waals surface area contributed by atoms with Crippen molar-refractivity contribution in [3.8, 4) is 5.69 Å². The molecule has 4 aromatic rings. The Kier molecular flexibility index (Phi) is 4.24. The lowest BCUT2D eigenvalue weighted by Gasteiger charge is -2.19. The maximum absolute atomic E-state index is 13.4. The van der Waals surface area contributed by atoms with E-state index in [-0.39, 0.29) is 17.3 Å². The first-order valence-corrected chi connectivity index (χ1v) is 8.96. The third kappa shape index (κ3) is 2.89. The summed E-state index contributed by atoms with van der Waals surface area (Å²) in [6.07, 6.45) is 0. The summed E-state index contributed by atoms with van der Waals surface area (Å²) in [5, 5.41) is 0.543. The van der Waals surface area contributed by atoms with Crippen molar-refractivity contribution in [3.63, 3.8) is 0 Å². The van der Waals surface area contributed by atoms with Gasteiger partial charge in [0.05, 0.1) is 22.6 Å². The molecular formula is C23H20N2O2. The molecule has 1 atom stereocenters. The molecule has 1 unspecified atom stereocenters.